The lowest BCUT2D eigenvalue weighted by atomic mass is 9.75. The highest BCUT2D eigenvalue weighted by atomic mass is 16.5. The van der Waals surface area contributed by atoms with Gasteiger partial charge in [0.2, 0.25) is 5.95 Å². The molecule has 3 fully saturated rings. The minimum atomic E-state index is 0.477. The highest BCUT2D eigenvalue weighted by molar-refractivity contribution is 5.26. The van der Waals surface area contributed by atoms with Crippen molar-refractivity contribution in [2.75, 3.05) is 31.6 Å². The summed E-state index contributed by atoms with van der Waals surface area (Å²) in [5.41, 5.74) is 0. The van der Waals surface area contributed by atoms with Crippen LogP contribution in [-0.4, -0.2) is 41.2 Å². The topological polar surface area (TPSA) is 72.0 Å². The third-order valence-corrected chi connectivity index (χ3v) is 6.81. The maximum atomic E-state index is 5.63. The van der Waals surface area contributed by atoms with Crippen LogP contribution in [0.1, 0.15) is 64.1 Å². The first-order valence-corrected chi connectivity index (χ1v) is 11.1. The molecule has 6 heteroatoms. The zero-order valence-corrected chi connectivity index (χ0v) is 16.8. The zero-order valence-electron chi connectivity index (χ0n) is 16.8. The van der Waals surface area contributed by atoms with Crippen LogP contribution in [0.3, 0.4) is 0 Å². The molecule has 0 bridgehead atoms. The molecule has 4 rings (SSSR count). The van der Waals surface area contributed by atoms with Gasteiger partial charge in [-0.2, -0.15) is 15.0 Å². The Hall–Kier alpha value is -1.43. The Labute approximate surface area is 163 Å². The van der Waals surface area contributed by atoms with Crippen molar-refractivity contribution >= 4 is 5.95 Å². The van der Waals surface area contributed by atoms with Gasteiger partial charge in [-0.1, -0.05) is 19.3 Å². The van der Waals surface area contributed by atoms with E-state index in [-0.39, 0.29) is 0 Å². The monoisotopic (exact) mass is 373 g/mol. The first-order chi connectivity index (χ1) is 13.3. The number of fused-ring (bicyclic) bond motifs is 1. The maximum Gasteiger partial charge on any atom is 0.321 e. The molecule has 2 heterocycles. The van der Waals surface area contributed by atoms with Gasteiger partial charge in [0.1, 0.15) is 5.82 Å². The van der Waals surface area contributed by atoms with E-state index in [0.29, 0.717) is 24.5 Å². The molecule has 0 spiro atoms. The summed E-state index contributed by atoms with van der Waals surface area (Å²) in [7, 11) is 0. The summed E-state index contributed by atoms with van der Waals surface area (Å²) in [4.78, 5) is 13.8. The van der Waals surface area contributed by atoms with Crippen molar-refractivity contribution in [2.24, 2.45) is 23.7 Å². The number of anilines is 1. The van der Waals surface area contributed by atoms with Gasteiger partial charge in [-0.15, -0.1) is 0 Å². The Morgan fingerprint density at radius 1 is 0.963 bits per heavy atom. The van der Waals surface area contributed by atoms with Crippen LogP contribution in [0, 0.1) is 23.7 Å². The molecule has 2 saturated carbocycles. The number of nitrogens with one attached hydrogen (secondary N) is 2. The first kappa shape index (κ1) is 18.9. The molecule has 6 nitrogen and oxygen atoms in total. The number of hydrogen-bond acceptors (Lipinski definition) is 6. The maximum absolute atomic E-state index is 5.63. The second-order valence-corrected chi connectivity index (χ2v) is 8.70. The standard InChI is InChI=1S/C21H35N5O/c1-2-27-21-25-19(13-16-6-7-17-4-3-5-18(17)12-16)24-20(26-21)23-14-15-8-10-22-11-9-15/h15-18,22H,2-14H2,1H3,(H,23,24,25,26). The Balaban J connectivity index is 1.39. The van der Waals surface area contributed by atoms with E-state index >= 15 is 0 Å². The van der Waals surface area contributed by atoms with Crippen molar-refractivity contribution in [1.29, 1.82) is 0 Å². The first-order valence-electron chi connectivity index (χ1n) is 11.1. The predicted octanol–water partition coefficient (Wildman–Crippen LogP) is 3.44. The molecular formula is C21H35N5O. The molecule has 3 aliphatic rings. The van der Waals surface area contributed by atoms with Gasteiger partial charge in [-0.25, -0.2) is 0 Å². The van der Waals surface area contributed by atoms with Gasteiger partial charge in [-0.05, 0) is 75.8 Å². The van der Waals surface area contributed by atoms with Crippen LogP contribution in [0.4, 0.5) is 5.95 Å². The van der Waals surface area contributed by atoms with E-state index in [0.717, 1.165) is 49.6 Å². The molecule has 1 aromatic rings. The minimum absolute atomic E-state index is 0.477. The second kappa shape index (κ2) is 9.18. The molecule has 3 atom stereocenters. The molecule has 1 aromatic heterocycles. The van der Waals surface area contributed by atoms with E-state index in [1.165, 1.54) is 51.4 Å². The average molecular weight is 374 g/mol. The fourth-order valence-electron chi connectivity index (χ4n) is 5.33. The minimum Gasteiger partial charge on any atom is -0.464 e. The summed E-state index contributed by atoms with van der Waals surface area (Å²) in [6.07, 6.45) is 11.8. The van der Waals surface area contributed by atoms with Gasteiger partial charge in [0.25, 0.3) is 0 Å². The van der Waals surface area contributed by atoms with Gasteiger partial charge in [0.05, 0.1) is 6.61 Å². The fourth-order valence-corrected chi connectivity index (χ4v) is 5.33. The number of hydrogen-bond donors (Lipinski definition) is 2. The van der Waals surface area contributed by atoms with Crippen LogP contribution in [0.25, 0.3) is 0 Å². The summed E-state index contributed by atoms with van der Waals surface area (Å²) < 4.78 is 5.63. The predicted molar refractivity (Wildman–Crippen MR) is 107 cm³/mol. The van der Waals surface area contributed by atoms with Crippen LogP contribution in [-0.2, 0) is 6.42 Å². The largest absolute Gasteiger partial charge is 0.464 e. The molecule has 3 unspecified atom stereocenters. The summed E-state index contributed by atoms with van der Waals surface area (Å²) in [6.45, 7) is 5.73. The molecule has 1 aliphatic heterocycles. The van der Waals surface area contributed by atoms with Crippen molar-refractivity contribution in [3.63, 3.8) is 0 Å². The normalized spacial score (nSPS) is 28.7. The lowest BCUT2D eigenvalue weighted by Gasteiger charge is -2.31. The zero-order chi connectivity index (χ0) is 18.5. The molecule has 0 amide bonds. The summed E-state index contributed by atoms with van der Waals surface area (Å²) >= 11 is 0. The summed E-state index contributed by atoms with van der Waals surface area (Å²) in [5.74, 6) is 4.97. The SMILES string of the molecule is CCOc1nc(CC2CCC3CCCC3C2)nc(NCC2CCNCC2)n1. The van der Waals surface area contributed by atoms with Crippen molar-refractivity contribution < 1.29 is 4.74 Å². The van der Waals surface area contributed by atoms with E-state index in [2.05, 4.69) is 20.6 Å². The lowest BCUT2D eigenvalue weighted by molar-refractivity contribution is 0.205. The van der Waals surface area contributed by atoms with E-state index in [1.807, 2.05) is 6.92 Å². The molecule has 1 saturated heterocycles. The number of nitrogens with zero attached hydrogens (tertiary/aromatic N) is 3. The van der Waals surface area contributed by atoms with E-state index in [4.69, 9.17) is 9.72 Å². The fraction of sp³-hybridized carbons (Fsp3) is 0.857. The lowest BCUT2D eigenvalue weighted by Crippen LogP contribution is -2.31. The van der Waals surface area contributed by atoms with E-state index in [9.17, 15) is 0 Å². The Morgan fingerprint density at radius 2 is 1.81 bits per heavy atom. The van der Waals surface area contributed by atoms with Gasteiger partial charge in [0.15, 0.2) is 0 Å². The van der Waals surface area contributed by atoms with Crippen LogP contribution >= 0.6 is 0 Å². The van der Waals surface area contributed by atoms with Gasteiger partial charge < -0.3 is 15.4 Å². The number of piperidine rings is 1. The Kier molecular flexibility index (Phi) is 6.43. The molecule has 0 radical (unpaired) electrons. The second-order valence-electron chi connectivity index (χ2n) is 8.70. The van der Waals surface area contributed by atoms with Gasteiger partial charge >= 0.3 is 6.01 Å². The summed E-state index contributed by atoms with van der Waals surface area (Å²) in [6, 6.07) is 0.477. The molecule has 0 aromatic carbocycles. The van der Waals surface area contributed by atoms with Crippen LogP contribution in [0.2, 0.25) is 0 Å². The van der Waals surface area contributed by atoms with E-state index < -0.39 is 0 Å². The van der Waals surface area contributed by atoms with Crippen molar-refractivity contribution in [3.8, 4) is 6.01 Å². The Morgan fingerprint density at radius 3 is 2.67 bits per heavy atom. The molecule has 150 valence electrons. The third-order valence-electron chi connectivity index (χ3n) is 6.81. The number of ether oxygens (including phenoxy) is 1. The van der Waals surface area contributed by atoms with Crippen LogP contribution in [0.15, 0.2) is 0 Å². The number of aromatic nitrogens is 3. The van der Waals surface area contributed by atoms with Crippen LogP contribution < -0.4 is 15.4 Å². The highest BCUT2D eigenvalue weighted by Gasteiger charge is 2.34. The van der Waals surface area contributed by atoms with Crippen LogP contribution in [0.5, 0.6) is 6.01 Å². The summed E-state index contributed by atoms with van der Waals surface area (Å²) in [5, 5.41) is 6.88. The van der Waals surface area contributed by atoms with Gasteiger partial charge in [0, 0.05) is 13.0 Å². The highest BCUT2D eigenvalue weighted by Crippen LogP contribution is 2.44. The Bertz CT molecular complexity index is 604. The molecular weight excluding hydrogens is 338 g/mol. The quantitative estimate of drug-likeness (QED) is 0.763. The smallest absolute Gasteiger partial charge is 0.321 e. The third kappa shape index (κ3) is 5.09. The van der Waals surface area contributed by atoms with Crippen molar-refractivity contribution in [1.82, 2.24) is 20.3 Å². The van der Waals surface area contributed by atoms with Crippen molar-refractivity contribution in [3.05, 3.63) is 5.82 Å². The molecule has 2 aliphatic carbocycles. The van der Waals surface area contributed by atoms with Crippen molar-refractivity contribution in [2.45, 2.75) is 64.7 Å². The molecule has 27 heavy (non-hydrogen) atoms. The molecule has 2 N–H and O–H groups in total. The van der Waals surface area contributed by atoms with Gasteiger partial charge in [-0.3, -0.25) is 0 Å². The number of rotatable bonds is 7. The van der Waals surface area contributed by atoms with E-state index in [1.54, 1.807) is 0 Å². The average Bonchev–Trinajstić information content (AvgIpc) is 3.15.